The third kappa shape index (κ3) is 4.67. The second-order valence-corrected chi connectivity index (χ2v) is 7.58. The van der Waals surface area contributed by atoms with Crippen LogP contribution in [0.25, 0.3) is 0 Å². The van der Waals surface area contributed by atoms with Crippen LogP contribution in [0.4, 0.5) is 0 Å². The number of benzene rings is 1. The Labute approximate surface area is 142 Å². The predicted octanol–water partition coefficient (Wildman–Crippen LogP) is 2.03. The van der Waals surface area contributed by atoms with E-state index in [9.17, 15) is 8.42 Å². The highest BCUT2D eigenvalue weighted by Gasteiger charge is 2.20. The van der Waals surface area contributed by atoms with Crippen LogP contribution in [0.3, 0.4) is 0 Å². The van der Waals surface area contributed by atoms with Crippen LogP contribution in [0.2, 0.25) is 0 Å². The third-order valence-corrected chi connectivity index (χ3v) is 5.41. The first-order valence-corrected chi connectivity index (χ1v) is 9.55. The third-order valence-electron chi connectivity index (χ3n) is 3.97. The fraction of sp³-hybridized carbons (Fsp3) is 0.412. The van der Waals surface area contributed by atoms with Crippen LogP contribution in [0.1, 0.15) is 24.2 Å². The Balaban J connectivity index is 1.50. The molecule has 6 nitrogen and oxygen atoms in total. The number of rotatable bonds is 8. The second kappa shape index (κ2) is 7.94. The van der Waals surface area contributed by atoms with Crippen LogP contribution in [0.5, 0.6) is 0 Å². The monoisotopic (exact) mass is 350 g/mol. The molecule has 1 aromatic heterocycles. The summed E-state index contributed by atoms with van der Waals surface area (Å²) in [5.41, 5.74) is 1.01. The number of sulfonamides is 1. The number of ether oxygens (including phenoxy) is 1. The molecule has 2 N–H and O–H groups in total. The van der Waals surface area contributed by atoms with Gasteiger partial charge in [-0.05, 0) is 42.7 Å². The van der Waals surface area contributed by atoms with Crippen molar-refractivity contribution in [3.05, 3.63) is 54.0 Å². The number of hydrogen-bond acceptors (Lipinski definition) is 5. The molecule has 24 heavy (non-hydrogen) atoms. The van der Waals surface area contributed by atoms with Crippen LogP contribution in [-0.4, -0.2) is 27.7 Å². The minimum atomic E-state index is -3.49. The van der Waals surface area contributed by atoms with Crippen LogP contribution in [0, 0.1) is 0 Å². The van der Waals surface area contributed by atoms with Gasteiger partial charge >= 0.3 is 0 Å². The minimum Gasteiger partial charge on any atom is -0.468 e. The van der Waals surface area contributed by atoms with Crippen LogP contribution in [-0.2, 0) is 27.8 Å². The molecule has 130 valence electrons. The Kier molecular flexibility index (Phi) is 5.68. The molecule has 1 aliphatic heterocycles. The Morgan fingerprint density at radius 2 is 1.96 bits per heavy atom. The lowest BCUT2D eigenvalue weighted by atomic mass is 10.2. The van der Waals surface area contributed by atoms with E-state index in [2.05, 4.69) is 10.0 Å². The highest BCUT2D eigenvalue weighted by atomic mass is 32.2. The van der Waals surface area contributed by atoms with Crippen LogP contribution >= 0.6 is 0 Å². The van der Waals surface area contributed by atoms with Gasteiger partial charge in [0, 0.05) is 19.7 Å². The molecule has 7 heteroatoms. The molecule has 2 heterocycles. The molecule has 0 amide bonds. The molecule has 0 spiro atoms. The number of nitrogens with one attached hydrogen (secondary N) is 2. The molecule has 1 saturated heterocycles. The van der Waals surface area contributed by atoms with Crippen molar-refractivity contribution in [2.24, 2.45) is 0 Å². The summed E-state index contributed by atoms with van der Waals surface area (Å²) in [4.78, 5) is 0.273. The summed E-state index contributed by atoms with van der Waals surface area (Å²) in [5, 5.41) is 3.25. The van der Waals surface area contributed by atoms with Crippen molar-refractivity contribution in [1.29, 1.82) is 0 Å². The van der Waals surface area contributed by atoms with Gasteiger partial charge in [-0.1, -0.05) is 12.1 Å². The highest BCUT2D eigenvalue weighted by molar-refractivity contribution is 7.89. The topological polar surface area (TPSA) is 80.6 Å². The molecule has 3 rings (SSSR count). The minimum absolute atomic E-state index is 0.00940. The molecular weight excluding hydrogens is 328 g/mol. The average molecular weight is 350 g/mol. The lowest BCUT2D eigenvalue weighted by Gasteiger charge is -2.12. The molecule has 1 fully saturated rings. The summed E-state index contributed by atoms with van der Waals surface area (Å²) in [5.74, 6) is 0.868. The summed E-state index contributed by atoms with van der Waals surface area (Å²) >= 11 is 0. The van der Waals surface area contributed by atoms with E-state index in [1.807, 2.05) is 24.3 Å². The van der Waals surface area contributed by atoms with E-state index in [1.165, 1.54) is 0 Å². The van der Waals surface area contributed by atoms with Crippen molar-refractivity contribution in [2.75, 3.05) is 13.2 Å². The van der Waals surface area contributed by atoms with E-state index in [-0.39, 0.29) is 11.0 Å². The van der Waals surface area contributed by atoms with Gasteiger partial charge in [0.2, 0.25) is 10.0 Å². The van der Waals surface area contributed by atoms with E-state index in [4.69, 9.17) is 9.15 Å². The number of furan rings is 1. The standard InChI is InChI=1S/C17H22N2O4S/c20-24(21,19-13-16-4-2-10-23-16)17-7-5-14(6-8-17)11-18-12-15-3-1-9-22-15/h1,3,5-9,16,18-19H,2,4,10-13H2. The molecule has 1 aliphatic rings. The van der Waals surface area contributed by atoms with Gasteiger partial charge in [-0.25, -0.2) is 13.1 Å². The van der Waals surface area contributed by atoms with E-state index in [1.54, 1.807) is 18.4 Å². The lowest BCUT2D eigenvalue weighted by Crippen LogP contribution is -2.31. The Morgan fingerprint density at radius 3 is 2.62 bits per heavy atom. The fourth-order valence-electron chi connectivity index (χ4n) is 2.62. The molecular formula is C17H22N2O4S. The van der Waals surface area contributed by atoms with E-state index >= 15 is 0 Å². The van der Waals surface area contributed by atoms with Crippen LogP contribution < -0.4 is 10.0 Å². The van der Waals surface area contributed by atoms with Crippen molar-refractivity contribution < 1.29 is 17.6 Å². The second-order valence-electron chi connectivity index (χ2n) is 5.81. The van der Waals surface area contributed by atoms with Gasteiger partial charge in [0.1, 0.15) is 5.76 Å². The van der Waals surface area contributed by atoms with Gasteiger partial charge in [0.15, 0.2) is 0 Å². The summed E-state index contributed by atoms with van der Waals surface area (Å²) in [6.45, 7) is 2.32. The van der Waals surface area contributed by atoms with Crippen molar-refractivity contribution in [3.63, 3.8) is 0 Å². The highest BCUT2D eigenvalue weighted by Crippen LogP contribution is 2.14. The Morgan fingerprint density at radius 1 is 1.12 bits per heavy atom. The SMILES string of the molecule is O=S(=O)(NCC1CCCO1)c1ccc(CNCc2ccco2)cc1. The van der Waals surface area contributed by atoms with Crippen molar-refractivity contribution in [1.82, 2.24) is 10.0 Å². The van der Waals surface area contributed by atoms with E-state index in [0.29, 0.717) is 26.2 Å². The Hall–Kier alpha value is -1.67. The van der Waals surface area contributed by atoms with Crippen molar-refractivity contribution in [3.8, 4) is 0 Å². The Bertz CT molecular complexity index is 720. The maximum Gasteiger partial charge on any atom is 0.240 e. The molecule has 1 atom stereocenters. The summed E-state index contributed by atoms with van der Waals surface area (Å²) in [6.07, 6.45) is 3.53. The first-order chi connectivity index (χ1) is 11.6. The van der Waals surface area contributed by atoms with Crippen molar-refractivity contribution >= 4 is 10.0 Å². The van der Waals surface area contributed by atoms with E-state index in [0.717, 1.165) is 24.2 Å². The summed E-state index contributed by atoms with van der Waals surface area (Å²) in [7, 11) is -3.49. The van der Waals surface area contributed by atoms with Gasteiger partial charge in [0.05, 0.1) is 23.8 Å². The maximum absolute atomic E-state index is 12.3. The quantitative estimate of drug-likeness (QED) is 0.761. The normalized spacial score (nSPS) is 18.1. The van der Waals surface area contributed by atoms with Gasteiger partial charge in [0.25, 0.3) is 0 Å². The summed E-state index contributed by atoms with van der Waals surface area (Å²) in [6, 6.07) is 10.6. The number of hydrogen-bond donors (Lipinski definition) is 2. The zero-order valence-electron chi connectivity index (χ0n) is 13.4. The van der Waals surface area contributed by atoms with Crippen molar-refractivity contribution in [2.45, 2.75) is 36.9 Å². The van der Waals surface area contributed by atoms with Gasteiger partial charge in [-0.15, -0.1) is 0 Å². The molecule has 2 aromatic rings. The molecule has 1 aromatic carbocycles. The predicted molar refractivity (Wildman–Crippen MR) is 89.9 cm³/mol. The van der Waals surface area contributed by atoms with E-state index < -0.39 is 10.0 Å². The molecule has 0 aliphatic carbocycles. The first-order valence-electron chi connectivity index (χ1n) is 8.07. The van der Waals surface area contributed by atoms with Gasteiger partial charge < -0.3 is 14.5 Å². The largest absolute Gasteiger partial charge is 0.468 e. The zero-order valence-corrected chi connectivity index (χ0v) is 14.2. The smallest absolute Gasteiger partial charge is 0.240 e. The molecule has 1 unspecified atom stereocenters. The zero-order chi connectivity index (χ0) is 16.8. The fourth-order valence-corrected chi connectivity index (χ4v) is 3.69. The molecule has 0 saturated carbocycles. The average Bonchev–Trinajstić information content (AvgIpc) is 3.27. The van der Waals surface area contributed by atoms with Crippen LogP contribution in [0.15, 0.2) is 52.0 Å². The molecule has 0 radical (unpaired) electrons. The summed E-state index contributed by atoms with van der Waals surface area (Å²) < 4.78 is 37.8. The maximum atomic E-state index is 12.3. The first kappa shape index (κ1) is 17.2. The molecule has 0 bridgehead atoms. The lowest BCUT2D eigenvalue weighted by molar-refractivity contribution is 0.114. The van der Waals surface area contributed by atoms with Gasteiger partial charge in [-0.3, -0.25) is 0 Å². The van der Waals surface area contributed by atoms with Gasteiger partial charge in [-0.2, -0.15) is 0 Å².